The summed E-state index contributed by atoms with van der Waals surface area (Å²) in [5.41, 5.74) is -4.54. The van der Waals surface area contributed by atoms with Crippen LogP contribution in [0.2, 0.25) is 0 Å². The van der Waals surface area contributed by atoms with E-state index in [1.54, 1.807) is 24.3 Å². The minimum atomic E-state index is -5.18. The number of halogens is 3. The first kappa shape index (κ1) is 37.6. The highest BCUT2D eigenvalue weighted by atomic mass is 19.4. The summed E-state index contributed by atoms with van der Waals surface area (Å²) in [6.45, 7) is 4.82. The van der Waals surface area contributed by atoms with Gasteiger partial charge in [0.15, 0.2) is 11.5 Å². The number of esters is 1. The van der Waals surface area contributed by atoms with Crippen molar-refractivity contribution in [2.45, 2.75) is 57.9 Å². The van der Waals surface area contributed by atoms with Gasteiger partial charge in [-0.2, -0.15) is 13.2 Å². The summed E-state index contributed by atoms with van der Waals surface area (Å²) in [5, 5.41) is 37.0. The van der Waals surface area contributed by atoms with E-state index in [0.29, 0.717) is 30.9 Å². The predicted octanol–water partition coefficient (Wildman–Crippen LogP) is 4.61. The molecule has 0 saturated carbocycles. The van der Waals surface area contributed by atoms with Gasteiger partial charge < -0.3 is 39.8 Å². The normalized spacial score (nSPS) is 15.6. The number of nitrogens with zero attached hydrogens (tertiary/aromatic N) is 1. The molecular formula is C32H38F3N3O10. The standard InChI is InChI=1S/C32H38F3N3O10/c1-18(2)48-31(42)26-19(3)37-29(32(33,34)35)28(30(40)41)27(26)22-15-20(38(43)44)11-12-23(22)46-14-8-7-13-36-16-21(39)17-47-25-10-6-5-9-24(25)45-4/h5-6,9-12,15,18,21,27,36-37,39H,7-8,13-14,16-17H2,1-4H3,(H,40,41). The Bertz CT molecular complexity index is 1540. The Kier molecular flexibility index (Phi) is 13.2. The maximum absolute atomic E-state index is 14.1. The van der Waals surface area contributed by atoms with Crippen molar-refractivity contribution >= 4 is 17.6 Å². The number of nitro groups is 1. The SMILES string of the molecule is COc1ccccc1OCC(O)CNCCCCOc1ccc([N+](=O)[O-])cc1C1C(C(=O)OC(C)C)=C(C)NC(C(F)(F)F)=C1C(=O)O. The Morgan fingerprint density at radius 3 is 2.35 bits per heavy atom. The molecule has 13 nitrogen and oxygen atoms in total. The predicted molar refractivity (Wildman–Crippen MR) is 166 cm³/mol. The molecule has 4 N–H and O–H groups in total. The molecule has 0 spiro atoms. The molecule has 2 atom stereocenters. The lowest BCUT2D eigenvalue weighted by Crippen LogP contribution is -2.38. The number of dihydropyridines is 1. The van der Waals surface area contributed by atoms with Gasteiger partial charge in [-0.25, -0.2) is 9.59 Å². The summed E-state index contributed by atoms with van der Waals surface area (Å²) >= 11 is 0. The lowest BCUT2D eigenvalue weighted by molar-refractivity contribution is -0.384. The fourth-order valence-corrected chi connectivity index (χ4v) is 4.93. The third kappa shape index (κ3) is 9.84. The molecule has 0 fully saturated rings. The average molecular weight is 682 g/mol. The van der Waals surface area contributed by atoms with Crippen molar-refractivity contribution in [2.24, 2.45) is 0 Å². The van der Waals surface area contributed by atoms with Gasteiger partial charge in [-0.05, 0) is 58.4 Å². The maximum atomic E-state index is 14.1. The number of ether oxygens (including phenoxy) is 4. The molecule has 262 valence electrons. The van der Waals surface area contributed by atoms with E-state index in [4.69, 9.17) is 18.9 Å². The number of hydrogen-bond acceptors (Lipinski definition) is 11. The monoisotopic (exact) mass is 681 g/mol. The van der Waals surface area contributed by atoms with Crippen LogP contribution in [0, 0.1) is 10.1 Å². The number of aliphatic hydroxyl groups excluding tert-OH is 1. The minimum Gasteiger partial charge on any atom is -0.493 e. The number of rotatable bonds is 17. The molecule has 16 heteroatoms. The van der Waals surface area contributed by atoms with E-state index in [0.717, 1.165) is 25.1 Å². The van der Waals surface area contributed by atoms with Crippen molar-refractivity contribution in [3.05, 3.63) is 80.7 Å². The molecule has 2 unspecified atom stereocenters. The topological polar surface area (TPSA) is 179 Å². The number of hydrogen-bond donors (Lipinski definition) is 4. The van der Waals surface area contributed by atoms with Crippen molar-refractivity contribution in [3.63, 3.8) is 0 Å². The number of aliphatic hydroxyl groups is 1. The number of unbranched alkanes of at least 4 members (excludes halogenated alkanes) is 1. The van der Waals surface area contributed by atoms with Gasteiger partial charge >= 0.3 is 18.1 Å². The number of nitro benzene ring substituents is 1. The van der Waals surface area contributed by atoms with Gasteiger partial charge in [-0.1, -0.05) is 12.1 Å². The molecule has 1 aliphatic rings. The van der Waals surface area contributed by atoms with E-state index in [2.05, 4.69) is 5.32 Å². The number of carboxylic acid groups (broad SMARTS) is 1. The highest BCUT2D eigenvalue weighted by molar-refractivity contribution is 5.99. The molecular weight excluding hydrogens is 643 g/mol. The van der Waals surface area contributed by atoms with E-state index < -0.39 is 63.7 Å². The van der Waals surface area contributed by atoms with Gasteiger partial charge in [0.05, 0.1) is 41.8 Å². The first-order valence-corrected chi connectivity index (χ1v) is 14.9. The second-order valence-corrected chi connectivity index (χ2v) is 11.0. The van der Waals surface area contributed by atoms with Crippen LogP contribution in [0.5, 0.6) is 17.2 Å². The van der Waals surface area contributed by atoms with E-state index in [1.807, 2.05) is 5.32 Å². The van der Waals surface area contributed by atoms with Gasteiger partial charge in [-0.3, -0.25) is 10.1 Å². The summed E-state index contributed by atoms with van der Waals surface area (Å²) in [4.78, 5) is 36.4. The third-order valence-corrected chi connectivity index (χ3v) is 7.04. The molecule has 0 amide bonds. The van der Waals surface area contributed by atoms with Crippen LogP contribution in [0.3, 0.4) is 0 Å². The Morgan fingerprint density at radius 2 is 1.75 bits per heavy atom. The van der Waals surface area contributed by atoms with Gasteiger partial charge in [0.25, 0.3) is 5.69 Å². The molecule has 2 aromatic carbocycles. The summed E-state index contributed by atoms with van der Waals surface area (Å²) in [6.07, 6.45) is -5.79. The number of carbonyl (C=O) groups excluding carboxylic acids is 1. The van der Waals surface area contributed by atoms with Gasteiger partial charge in [0.2, 0.25) is 0 Å². The second-order valence-electron chi connectivity index (χ2n) is 11.0. The molecule has 1 aliphatic heterocycles. The number of nitrogens with one attached hydrogen (secondary N) is 2. The number of aliphatic carboxylic acids is 1. The first-order chi connectivity index (χ1) is 22.6. The lowest BCUT2D eigenvalue weighted by Gasteiger charge is -2.32. The van der Waals surface area contributed by atoms with Crippen LogP contribution >= 0.6 is 0 Å². The molecule has 0 saturated heterocycles. The number of methoxy groups -OCH3 is 1. The summed E-state index contributed by atoms with van der Waals surface area (Å²) in [7, 11) is 1.51. The Labute approximate surface area is 274 Å². The fraction of sp³-hybridized carbons (Fsp3) is 0.438. The van der Waals surface area contributed by atoms with Crippen molar-refractivity contribution in [1.29, 1.82) is 0 Å². The fourth-order valence-electron chi connectivity index (χ4n) is 4.93. The van der Waals surface area contributed by atoms with E-state index in [9.17, 15) is 43.1 Å². The zero-order valence-corrected chi connectivity index (χ0v) is 26.8. The zero-order valence-electron chi connectivity index (χ0n) is 26.8. The average Bonchev–Trinajstić information content (AvgIpc) is 3.01. The van der Waals surface area contributed by atoms with E-state index in [1.165, 1.54) is 21.0 Å². The number of para-hydroxylation sites is 2. The summed E-state index contributed by atoms with van der Waals surface area (Å²) in [6, 6.07) is 10.1. The van der Waals surface area contributed by atoms with Gasteiger partial charge in [0.1, 0.15) is 24.2 Å². The van der Waals surface area contributed by atoms with Crippen LogP contribution in [-0.2, 0) is 14.3 Å². The minimum absolute atomic E-state index is 0.0103. The van der Waals surface area contributed by atoms with Crippen molar-refractivity contribution in [1.82, 2.24) is 10.6 Å². The largest absolute Gasteiger partial charge is 0.493 e. The Morgan fingerprint density at radius 1 is 1.06 bits per heavy atom. The van der Waals surface area contributed by atoms with E-state index in [-0.39, 0.29) is 36.8 Å². The highest BCUT2D eigenvalue weighted by Gasteiger charge is 2.48. The molecule has 1 heterocycles. The van der Waals surface area contributed by atoms with Gasteiger partial charge in [0, 0.05) is 29.9 Å². The summed E-state index contributed by atoms with van der Waals surface area (Å²) < 4.78 is 64.2. The van der Waals surface area contributed by atoms with Gasteiger partial charge in [-0.15, -0.1) is 0 Å². The zero-order chi connectivity index (χ0) is 35.6. The van der Waals surface area contributed by atoms with Crippen LogP contribution in [0.1, 0.15) is 45.1 Å². The molecule has 0 aromatic heterocycles. The number of alkyl halides is 3. The van der Waals surface area contributed by atoms with Crippen LogP contribution in [0.4, 0.5) is 18.9 Å². The third-order valence-electron chi connectivity index (χ3n) is 7.04. The first-order valence-electron chi connectivity index (χ1n) is 14.9. The number of carboxylic acids is 1. The molecule has 0 aliphatic carbocycles. The van der Waals surface area contributed by atoms with Crippen LogP contribution in [0.25, 0.3) is 0 Å². The molecule has 3 rings (SSSR count). The molecule has 0 radical (unpaired) electrons. The highest BCUT2D eigenvalue weighted by Crippen LogP contribution is 2.46. The smallest absolute Gasteiger partial charge is 0.431 e. The molecule has 2 aromatic rings. The van der Waals surface area contributed by atoms with E-state index >= 15 is 0 Å². The molecule has 48 heavy (non-hydrogen) atoms. The Balaban J connectivity index is 1.76. The number of carbonyl (C=O) groups is 2. The van der Waals surface area contributed by atoms with Crippen molar-refractivity contribution in [3.8, 4) is 17.2 Å². The Hall–Kier alpha value is -4.83. The number of non-ortho nitro benzene ring substituents is 1. The van der Waals surface area contributed by atoms with Crippen LogP contribution in [-0.4, -0.2) is 78.9 Å². The number of benzene rings is 2. The molecule has 0 bridgehead atoms. The quantitative estimate of drug-likeness (QED) is 0.0790. The number of allylic oxidation sites excluding steroid dienone is 2. The second kappa shape index (κ2) is 16.8. The van der Waals surface area contributed by atoms with Crippen molar-refractivity contribution in [2.75, 3.05) is 33.4 Å². The van der Waals surface area contributed by atoms with Crippen molar-refractivity contribution < 1.29 is 56.8 Å². The van der Waals surface area contributed by atoms with Crippen LogP contribution in [0.15, 0.2) is 65.0 Å². The summed E-state index contributed by atoms with van der Waals surface area (Å²) in [5.74, 6) is -4.15. The van der Waals surface area contributed by atoms with Crippen LogP contribution < -0.4 is 24.8 Å². The maximum Gasteiger partial charge on any atom is 0.431 e. The lowest BCUT2D eigenvalue weighted by atomic mass is 9.79.